The molecule has 21 heavy (non-hydrogen) atoms. The van der Waals surface area contributed by atoms with Gasteiger partial charge < -0.3 is 9.67 Å². The number of carboxylic acids is 1. The molecule has 1 aromatic carbocycles. The van der Waals surface area contributed by atoms with Crippen molar-refractivity contribution < 1.29 is 18.7 Å². The Morgan fingerprint density at radius 3 is 2.86 bits per heavy atom. The summed E-state index contributed by atoms with van der Waals surface area (Å²) in [6.07, 6.45) is 2.79. The largest absolute Gasteiger partial charge is 0.481 e. The van der Waals surface area contributed by atoms with Crippen LogP contribution in [-0.4, -0.2) is 38.4 Å². The van der Waals surface area contributed by atoms with Crippen LogP contribution >= 0.6 is 23.5 Å². The normalized spacial score (nSPS) is 11.2. The number of carboxylic acid groups (broad SMARTS) is 1. The second kappa shape index (κ2) is 7.13. The Hall–Kier alpha value is -1.28. The van der Waals surface area contributed by atoms with Gasteiger partial charge >= 0.3 is 5.97 Å². The topological polar surface area (TPSA) is 55.1 Å². The molecule has 2 aromatic rings. The summed E-state index contributed by atoms with van der Waals surface area (Å²) >= 11 is 2.69. The van der Waals surface area contributed by atoms with Crippen LogP contribution in [0.3, 0.4) is 0 Å². The lowest BCUT2D eigenvalue weighted by Crippen LogP contribution is -2.04. The number of aromatic nitrogens is 2. The van der Waals surface area contributed by atoms with Crippen LogP contribution in [0.25, 0.3) is 11.0 Å². The van der Waals surface area contributed by atoms with E-state index in [1.54, 1.807) is 16.3 Å². The predicted molar refractivity (Wildman–Crippen MR) is 81.0 cm³/mol. The Morgan fingerprint density at radius 2 is 2.19 bits per heavy atom. The first kappa shape index (κ1) is 16.1. The summed E-state index contributed by atoms with van der Waals surface area (Å²) in [5, 5.41) is 9.16. The van der Waals surface area contributed by atoms with Crippen LogP contribution in [0.1, 0.15) is 6.42 Å². The molecule has 4 nitrogen and oxygen atoms in total. The van der Waals surface area contributed by atoms with Gasteiger partial charge in [-0.15, -0.1) is 0 Å². The van der Waals surface area contributed by atoms with Crippen LogP contribution in [0.4, 0.5) is 8.78 Å². The summed E-state index contributed by atoms with van der Waals surface area (Å²) < 4.78 is 28.9. The number of benzene rings is 1. The predicted octanol–water partition coefficient (Wildman–Crippen LogP) is 3.24. The van der Waals surface area contributed by atoms with Crippen LogP contribution in [0.2, 0.25) is 0 Å². The fourth-order valence-corrected chi connectivity index (χ4v) is 3.12. The number of fused-ring (bicyclic) bond motifs is 1. The molecule has 0 bridgehead atoms. The lowest BCUT2D eigenvalue weighted by Gasteiger charge is -2.07. The second-order valence-corrected chi connectivity index (χ2v) is 6.26. The van der Waals surface area contributed by atoms with Gasteiger partial charge in [-0.3, -0.25) is 4.79 Å². The van der Waals surface area contributed by atoms with Crippen LogP contribution in [0.15, 0.2) is 17.3 Å². The highest BCUT2D eigenvalue weighted by molar-refractivity contribution is 7.99. The molecule has 0 fully saturated rings. The van der Waals surface area contributed by atoms with E-state index in [4.69, 9.17) is 5.11 Å². The fourth-order valence-electron chi connectivity index (χ4n) is 1.95. The third-order valence-electron chi connectivity index (χ3n) is 2.79. The molecular formula is C13H14F2N2O2S2. The van der Waals surface area contributed by atoms with Crippen LogP contribution in [0, 0.1) is 11.6 Å². The summed E-state index contributed by atoms with van der Waals surface area (Å²) in [4.78, 5) is 14.8. The van der Waals surface area contributed by atoms with Gasteiger partial charge in [0, 0.05) is 18.7 Å². The molecule has 1 heterocycles. The molecule has 1 aromatic heterocycles. The molecule has 0 aliphatic carbocycles. The summed E-state index contributed by atoms with van der Waals surface area (Å²) in [5.41, 5.74) is 0.440. The molecule has 0 aliphatic rings. The molecule has 0 spiro atoms. The molecule has 0 amide bonds. The SMILES string of the molecule is CSCCCn1c(SCC(=O)O)nc2c(F)cc(F)cc21. The average Bonchev–Trinajstić information content (AvgIpc) is 2.75. The van der Waals surface area contributed by atoms with E-state index in [1.165, 1.54) is 6.07 Å². The van der Waals surface area contributed by atoms with E-state index in [0.29, 0.717) is 17.2 Å². The number of halogens is 2. The number of hydrogen-bond acceptors (Lipinski definition) is 4. The second-order valence-electron chi connectivity index (χ2n) is 4.33. The Kier molecular flexibility index (Phi) is 5.46. The van der Waals surface area contributed by atoms with E-state index in [-0.39, 0.29) is 11.3 Å². The van der Waals surface area contributed by atoms with Crippen molar-refractivity contribution in [2.45, 2.75) is 18.1 Å². The summed E-state index contributed by atoms with van der Waals surface area (Å²) in [7, 11) is 0. The molecule has 8 heteroatoms. The van der Waals surface area contributed by atoms with Gasteiger partial charge in [0.15, 0.2) is 11.0 Å². The Labute approximate surface area is 128 Å². The van der Waals surface area contributed by atoms with Crippen molar-refractivity contribution in [2.24, 2.45) is 0 Å². The number of imidazole rings is 1. The molecule has 0 atom stereocenters. The summed E-state index contributed by atoms with van der Waals surface area (Å²) in [5.74, 6) is -1.64. The van der Waals surface area contributed by atoms with Gasteiger partial charge in [0.05, 0.1) is 11.3 Å². The van der Waals surface area contributed by atoms with Gasteiger partial charge in [-0.2, -0.15) is 11.8 Å². The Morgan fingerprint density at radius 1 is 1.43 bits per heavy atom. The highest BCUT2D eigenvalue weighted by atomic mass is 32.2. The highest BCUT2D eigenvalue weighted by Gasteiger charge is 2.16. The maximum Gasteiger partial charge on any atom is 0.313 e. The van der Waals surface area contributed by atoms with E-state index < -0.39 is 17.6 Å². The van der Waals surface area contributed by atoms with Crippen molar-refractivity contribution >= 4 is 40.5 Å². The summed E-state index contributed by atoms with van der Waals surface area (Å²) in [6.45, 7) is 0.544. The monoisotopic (exact) mass is 332 g/mol. The molecule has 114 valence electrons. The van der Waals surface area contributed by atoms with Crippen molar-refractivity contribution in [3.8, 4) is 0 Å². The molecule has 0 radical (unpaired) electrons. The lowest BCUT2D eigenvalue weighted by atomic mass is 10.3. The number of aryl methyl sites for hydroxylation is 1. The maximum atomic E-state index is 13.8. The average molecular weight is 332 g/mol. The third kappa shape index (κ3) is 3.88. The van der Waals surface area contributed by atoms with Crippen molar-refractivity contribution in [1.82, 2.24) is 9.55 Å². The first-order valence-corrected chi connectivity index (χ1v) is 8.59. The van der Waals surface area contributed by atoms with Crippen LogP contribution < -0.4 is 0 Å². The molecule has 0 aliphatic heterocycles. The lowest BCUT2D eigenvalue weighted by molar-refractivity contribution is -0.133. The Bertz CT molecular complexity index is 661. The molecule has 0 saturated carbocycles. The molecular weight excluding hydrogens is 318 g/mol. The van der Waals surface area contributed by atoms with Gasteiger partial charge in [-0.05, 0) is 18.4 Å². The van der Waals surface area contributed by atoms with E-state index in [2.05, 4.69) is 4.98 Å². The van der Waals surface area contributed by atoms with E-state index >= 15 is 0 Å². The molecule has 1 N–H and O–H groups in total. The van der Waals surface area contributed by atoms with Gasteiger partial charge in [-0.25, -0.2) is 13.8 Å². The van der Waals surface area contributed by atoms with Crippen molar-refractivity contribution in [1.29, 1.82) is 0 Å². The zero-order valence-corrected chi connectivity index (χ0v) is 12.9. The number of rotatable bonds is 7. The Balaban J connectivity index is 2.41. The quantitative estimate of drug-likeness (QED) is 0.623. The number of hydrogen-bond donors (Lipinski definition) is 1. The van der Waals surface area contributed by atoms with E-state index in [1.807, 2.05) is 6.26 Å². The fraction of sp³-hybridized carbons (Fsp3) is 0.385. The van der Waals surface area contributed by atoms with Gasteiger partial charge in [-0.1, -0.05) is 11.8 Å². The number of thioether (sulfide) groups is 2. The molecule has 0 saturated heterocycles. The van der Waals surface area contributed by atoms with Gasteiger partial charge in [0.2, 0.25) is 0 Å². The van der Waals surface area contributed by atoms with Gasteiger partial charge in [0.1, 0.15) is 11.3 Å². The zero-order valence-electron chi connectivity index (χ0n) is 11.3. The van der Waals surface area contributed by atoms with E-state index in [0.717, 1.165) is 30.0 Å². The minimum Gasteiger partial charge on any atom is -0.481 e. The third-order valence-corrected chi connectivity index (χ3v) is 4.45. The van der Waals surface area contributed by atoms with Crippen molar-refractivity contribution in [3.05, 3.63) is 23.8 Å². The zero-order chi connectivity index (χ0) is 15.4. The maximum absolute atomic E-state index is 13.8. The van der Waals surface area contributed by atoms with Crippen LogP contribution in [-0.2, 0) is 11.3 Å². The smallest absolute Gasteiger partial charge is 0.313 e. The first-order valence-electron chi connectivity index (χ1n) is 6.21. The number of aliphatic carboxylic acids is 1. The van der Waals surface area contributed by atoms with Crippen molar-refractivity contribution in [3.63, 3.8) is 0 Å². The molecule has 0 unspecified atom stereocenters. The van der Waals surface area contributed by atoms with Gasteiger partial charge in [0.25, 0.3) is 0 Å². The highest BCUT2D eigenvalue weighted by Crippen LogP contribution is 2.27. The van der Waals surface area contributed by atoms with Crippen LogP contribution in [0.5, 0.6) is 0 Å². The first-order chi connectivity index (χ1) is 10.0. The molecule has 2 rings (SSSR count). The standard InChI is InChI=1S/C13H14F2N2O2S2/c1-20-4-2-3-17-10-6-8(14)5-9(15)12(10)16-13(17)21-7-11(18)19/h5-6H,2-4,7H2,1H3,(H,18,19). The number of carbonyl (C=O) groups is 1. The van der Waals surface area contributed by atoms with Crippen molar-refractivity contribution in [2.75, 3.05) is 17.8 Å². The summed E-state index contributed by atoms with van der Waals surface area (Å²) in [6, 6.07) is 2.02. The number of nitrogens with zero attached hydrogens (tertiary/aromatic N) is 2. The van der Waals surface area contributed by atoms with E-state index in [9.17, 15) is 13.6 Å². The minimum atomic E-state index is -0.977. The minimum absolute atomic E-state index is 0.0773.